The molecule has 1 saturated carbocycles. The molecule has 0 aromatic heterocycles. The van der Waals surface area contributed by atoms with E-state index in [0.717, 1.165) is 12.5 Å². The van der Waals surface area contributed by atoms with E-state index in [1.165, 1.54) is 12.8 Å². The van der Waals surface area contributed by atoms with Gasteiger partial charge in [-0.2, -0.15) is 0 Å². The highest BCUT2D eigenvalue weighted by molar-refractivity contribution is 5.04. The van der Waals surface area contributed by atoms with E-state index < -0.39 is 0 Å². The van der Waals surface area contributed by atoms with Crippen molar-refractivity contribution in [3.8, 4) is 12.3 Å². The third-order valence-electron chi connectivity index (χ3n) is 2.49. The van der Waals surface area contributed by atoms with Crippen molar-refractivity contribution in [3.05, 3.63) is 0 Å². The van der Waals surface area contributed by atoms with E-state index in [1.807, 2.05) is 0 Å². The summed E-state index contributed by atoms with van der Waals surface area (Å²) in [7, 11) is 0. The standard InChI is InChI=1S/C10H17N/c1-4-10(11-5-2)8(3)9-6-7-9/h1,8-11H,5-7H2,2-3H3. The van der Waals surface area contributed by atoms with Gasteiger partial charge in [0.2, 0.25) is 0 Å². The van der Waals surface area contributed by atoms with Gasteiger partial charge in [0.1, 0.15) is 0 Å². The maximum absolute atomic E-state index is 5.41. The monoisotopic (exact) mass is 151 g/mol. The van der Waals surface area contributed by atoms with Crippen LogP contribution in [0.1, 0.15) is 26.7 Å². The normalized spacial score (nSPS) is 22.3. The highest BCUT2D eigenvalue weighted by Crippen LogP contribution is 2.37. The quantitative estimate of drug-likeness (QED) is 0.602. The zero-order valence-corrected chi connectivity index (χ0v) is 7.43. The van der Waals surface area contributed by atoms with Crippen molar-refractivity contribution < 1.29 is 0 Å². The smallest absolute Gasteiger partial charge is 0.0715 e. The van der Waals surface area contributed by atoms with Crippen LogP contribution in [0, 0.1) is 24.2 Å². The molecule has 0 saturated heterocycles. The van der Waals surface area contributed by atoms with Gasteiger partial charge in [0.05, 0.1) is 6.04 Å². The molecule has 1 aliphatic rings. The van der Waals surface area contributed by atoms with Crippen molar-refractivity contribution in [1.82, 2.24) is 5.32 Å². The van der Waals surface area contributed by atoms with Crippen LogP contribution in [0.5, 0.6) is 0 Å². The zero-order valence-electron chi connectivity index (χ0n) is 7.43. The van der Waals surface area contributed by atoms with Crippen LogP contribution in [0.2, 0.25) is 0 Å². The second-order valence-electron chi connectivity index (χ2n) is 3.40. The molecule has 0 aromatic rings. The lowest BCUT2D eigenvalue weighted by Crippen LogP contribution is -2.34. The molecule has 1 fully saturated rings. The van der Waals surface area contributed by atoms with Gasteiger partial charge in [-0.1, -0.05) is 19.8 Å². The SMILES string of the molecule is C#CC(NCC)C(C)C1CC1. The Bertz CT molecular complexity index is 153. The summed E-state index contributed by atoms with van der Waals surface area (Å²) in [5.41, 5.74) is 0. The van der Waals surface area contributed by atoms with E-state index in [9.17, 15) is 0 Å². The molecule has 1 rings (SSSR count). The largest absolute Gasteiger partial charge is 0.304 e. The van der Waals surface area contributed by atoms with Gasteiger partial charge < -0.3 is 5.32 Å². The van der Waals surface area contributed by atoms with Crippen LogP contribution in [-0.4, -0.2) is 12.6 Å². The van der Waals surface area contributed by atoms with Gasteiger partial charge in [-0.25, -0.2) is 0 Å². The van der Waals surface area contributed by atoms with E-state index in [0.29, 0.717) is 12.0 Å². The fraction of sp³-hybridized carbons (Fsp3) is 0.800. The molecular weight excluding hydrogens is 134 g/mol. The first kappa shape index (κ1) is 8.62. The first-order chi connectivity index (χ1) is 5.29. The van der Waals surface area contributed by atoms with Gasteiger partial charge in [0.25, 0.3) is 0 Å². The summed E-state index contributed by atoms with van der Waals surface area (Å²) in [6.07, 6.45) is 8.17. The van der Waals surface area contributed by atoms with Crippen molar-refractivity contribution in [2.45, 2.75) is 32.7 Å². The molecule has 0 radical (unpaired) electrons. The van der Waals surface area contributed by atoms with E-state index >= 15 is 0 Å². The first-order valence-electron chi connectivity index (χ1n) is 4.49. The van der Waals surface area contributed by atoms with E-state index in [4.69, 9.17) is 6.42 Å². The molecule has 1 nitrogen and oxygen atoms in total. The Morgan fingerprint density at radius 3 is 2.64 bits per heavy atom. The van der Waals surface area contributed by atoms with Gasteiger partial charge in [0.15, 0.2) is 0 Å². The lowest BCUT2D eigenvalue weighted by molar-refractivity contribution is 0.409. The molecule has 1 aliphatic carbocycles. The third-order valence-corrected chi connectivity index (χ3v) is 2.49. The van der Waals surface area contributed by atoms with Gasteiger partial charge in [-0.05, 0) is 31.2 Å². The molecule has 0 bridgehead atoms. The highest BCUT2D eigenvalue weighted by atomic mass is 14.9. The maximum Gasteiger partial charge on any atom is 0.0715 e. The lowest BCUT2D eigenvalue weighted by atomic mass is 9.97. The van der Waals surface area contributed by atoms with Crippen LogP contribution in [-0.2, 0) is 0 Å². The molecule has 1 N–H and O–H groups in total. The Hall–Kier alpha value is -0.480. The Labute approximate surface area is 69.6 Å². The summed E-state index contributed by atoms with van der Waals surface area (Å²) in [6, 6.07) is 0.299. The maximum atomic E-state index is 5.41. The van der Waals surface area contributed by atoms with Crippen LogP contribution < -0.4 is 5.32 Å². The van der Waals surface area contributed by atoms with Crippen LogP contribution in [0.4, 0.5) is 0 Å². The summed E-state index contributed by atoms with van der Waals surface area (Å²) in [6.45, 7) is 5.33. The Balaban J connectivity index is 2.34. The highest BCUT2D eigenvalue weighted by Gasteiger charge is 2.31. The minimum atomic E-state index is 0.299. The lowest BCUT2D eigenvalue weighted by Gasteiger charge is -2.18. The predicted molar refractivity (Wildman–Crippen MR) is 48.2 cm³/mol. The van der Waals surface area contributed by atoms with Crippen molar-refractivity contribution in [2.75, 3.05) is 6.54 Å². The number of terminal acetylenes is 1. The summed E-state index contributed by atoms with van der Waals surface area (Å²) in [5.74, 6) is 4.38. The first-order valence-corrected chi connectivity index (χ1v) is 4.49. The molecule has 2 unspecified atom stereocenters. The topological polar surface area (TPSA) is 12.0 Å². The molecule has 11 heavy (non-hydrogen) atoms. The van der Waals surface area contributed by atoms with E-state index in [1.54, 1.807) is 0 Å². The van der Waals surface area contributed by atoms with Crippen LogP contribution in [0.25, 0.3) is 0 Å². The fourth-order valence-electron chi connectivity index (χ4n) is 1.51. The van der Waals surface area contributed by atoms with Crippen LogP contribution in [0.3, 0.4) is 0 Å². The molecule has 1 heteroatoms. The molecular formula is C10H17N. The number of hydrogen-bond acceptors (Lipinski definition) is 1. The minimum absolute atomic E-state index is 0.299. The number of hydrogen-bond donors (Lipinski definition) is 1. The van der Waals surface area contributed by atoms with Gasteiger partial charge in [-0.3, -0.25) is 0 Å². The van der Waals surface area contributed by atoms with Gasteiger partial charge in [-0.15, -0.1) is 6.42 Å². The summed E-state index contributed by atoms with van der Waals surface area (Å²) >= 11 is 0. The molecule has 0 aromatic carbocycles. The van der Waals surface area contributed by atoms with E-state index in [2.05, 4.69) is 25.1 Å². The second-order valence-corrected chi connectivity index (χ2v) is 3.40. The summed E-state index contributed by atoms with van der Waals surface area (Å²) < 4.78 is 0. The summed E-state index contributed by atoms with van der Waals surface area (Å²) in [5, 5.41) is 3.32. The molecule has 0 heterocycles. The molecule has 62 valence electrons. The van der Waals surface area contributed by atoms with Crippen molar-refractivity contribution in [2.24, 2.45) is 11.8 Å². The number of rotatable bonds is 4. The average Bonchev–Trinajstić information content (AvgIpc) is 2.81. The van der Waals surface area contributed by atoms with Crippen molar-refractivity contribution >= 4 is 0 Å². The van der Waals surface area contributed by atoms with Gasteiger partial charge >= 0.3 is 0 Å². The van der Waals surface area contributed by atoms with Crippen LogP contribution >= 0.6 is 0 Å². The van der Waals surface area contributed by atoms with Crippen molar-refractivity contribution in [3.63, 3.8) is 0 Å². The van der Waals surface area contributed by atoms with Crippen LogP contribution in [0.15, 0.2) is 0 Å². The fourth-order valence-corrected chi connectivity index (χ4v) is 1.51. The predicted octanol–water partition coefficient (Wildman–Crippen LogP) is 1.64. The molecule has 0 amide bonds. The third kappa shape index (κ3) is 2.24. The molecule has 0 spiro atoms. The Kier molecular flexibility index (Phi) is 2.96. The Morgan fingerprint density at radius 2 is 2.27 bits per heavy atom. The van der Waals surface area contributed by atoms with Gasteiger partial charge in [0, 0.05) is 0 Å². The summed E-state index contributed by atoms with van der Waals surface area (Å²) in [4.78, 5) is 0. The zero-order chi connectivity index (χ0) is 8.27. The molecule has 2 atom stereocenters. The second kappa shape index (κ2) is 3.78. The van der Waals surface area contributed by atoms with Crippen molar-refractivity contribution in [1.29, 1.82) is 0 Å². The number of nitrogens with one attached hydrogen (secondary N) is 1. The Morgan fingerprint density at radius 1 is 1.64 bits per heavy atom. The average molecular weight is 151 g/mol. The van der Waals surface area contributed by atoms with E-state index in [-0.39, 0.29) is 0 Å². The minimum Gasteiger partial charge on any atom is -0.304 e. The molecule has 0 aliphatic heterocycles.